The summed E-state index contributed by atoms with van der Waals surface area (Å²) in [6.07, 6.45) is 5.20. The van der Waals surface area contributed by atoms with Gasteiger partial charge in [0, 0.05) is 18.8 Å². The Balaban J connectivity index is 0.00000320. The highest BCUT2D eigenvalue weighted by Gasteiger charge is 2.06. The Morgan fingerprint density at radius 3 is 2.60 bits per heavy atom. The van der Waals surface area contributed by atoms with Crippen molar-refractivity contribution in [2.45, 2.75) is 25.8 Å². The van der Waals surface area contributed by atoms with Gasteiger partial charge in [0.2, 0.25) is 0 Å². The smallest absolute Gasteiger partial charge is 0.191 e. The highest BCUT2D eigenvalue weighted by molar-refractivity contribution is 14.0. The Morgan fingerprint density at radius 2 is 1.93 bits per heavy atom. The zero-order chi connectivity index (χ0) is 20.5. The Hall–Kier alpha value is -2.14. The minimum absolute atomic E-state index is 0. The average Bonchev–Trinajstić information content (AvgIpc) is 3.27. The van der Waals surface area contributed by atoms with Gasteiger partial charge in [0.05, 0.1) is 12.2 Å². The van der Waals surface area contributed by atoms with Gasteiger partial charge in [-0.25, -0.2) is 19.0 Å². The number of guanidine groups is 1. The summed E-state index contributed by atoms with van der Waals surface area (Å²) in [6.45, 7) is 3.93. The maximum Gasteiger partial charge on any atom is 0.191 e. The van der Waals surface area contributed by atoms with Crippen LogP contribution in [-0.4, -0.2) is 33.5 Å². The number of thioether (sulfide) groups is 1. The van der Waals surface area contributed by atoms with Crippen LogP contribution in [0.25, 0.3) is 5.69 Å². The van der Waals surface area contributed by atoms with Crippen molar-refractivity contribution in [2.75, 3.05) is 12.8 Å². The van der Waals surface area contributed by atoms with Crippen LogP contribution >= 0.6 is 35.7 Å². The first-order chi connectivity index (χ1) is 14.2. The molecule has 1 aromatic heterocycles. The zero-order valence-corrected chi connectivity index (χ0v) is 20.2. The van der Waals surface area contributed by atoms with Crippen LogP contribution in [-0.2, 0) is 18.8 Å². The summed E-state index contributed by atoms with van der Waals surface area (Å²) >= 11 is 1.68. The number of rotatable bonds is 8. The van der Waals surface area contributed by atoms with Crippen molar-refractivity contribution in [3.05, 3.63) is 77.6 Å². The maximum absolute atomic E-state index is 13.5. The second-order valence-electron chi connectivity index (χ2n) is 6.40. The lowest BCUT2D eigenvalue weighted by molar-refractivity contribution is 0.625. The first-order valence-corrected chi connectivity index (χ1v) is 10.8. The van der Waals surface area contributed by atoms with Gasteiger partial charge in [0.1, 0.15) is 18.5 Å². The summed E-state index contributed by atoms with van der Waals surface area (Å²) in [6, 6.07) is 13.0. The molecule has 0 atom stereocenters. The topological polar surface area (TPSA) is 67.1 Å². The number of nitrogens with one attached hydrogen (secondary N) is 2. The fraction of sp³-hybridized carbons (Fsp3) is 0.286. The molecule has 0 aliphatic carbocycles. The fourth-order valence-electron chi connectivity index (χ4n) is 2.84. The lowest BCUT2D eigenvalue weighted by atomic mass is 10.1. The Bertz CT molecular complexity index is 931. The predicted molar refractivity (Wildman–Crippen MR) is 132 cm³/mol. The third kappa shape index (κ3) is 6.98. The number of benzene rings is 2. The summed E-state index contributed by atoms with van der Waals surface area (Å²) < 4.78 is 15.3. The SMILES string of the molecule is CCNC(=NCc1ccc(-n2cncn2)cc1)NCc1ccc(F)cc1CSC.I. The molecule has 0 amide bonds. The van der Waals surface area contributed by atoms with Crippen molar-refractivity contribution in [1.29, 1.82) is 0 Å². The summed E-state index contributed by atoms with van der Waals surface area (Å²) in [5, 5.41) is 10.7. The molecule has 0 unspecified atom stereocenters. The van der Waals surface area contributed by atoms with Gasteiger partial charge in [0.15, 0.2) is 5.96 Å². The van der Waals surface area contributed by atoms with Gasteiger partial charge < -0.3 is 10.6 Å². The van der Waals surface area contributed by atoms with Crippen LogP contribution in [0, 0.1) is 5.82 Å². The molecule has 30 heavy (non-hydrogen) atoms. The molecule has 9 heteroatoms. The largest absolute Gasteiger partial charge is 0.357 e. The lowest BCUT2D eigenvalue weighted by Gasteiger charge is -2.14. The molecule has 6 nitrogen and oxygen atoms in total. The van der Waals surface area contributed by atoms with E-state index in [0.29, 0.717) is 13.1 Å². The van der Waals surface area contributed by atoms with Crippen molar-refractivity contribution in [1.82, 2.24) is 25.4 Å². The van der Waals surface area contributed by atoms with Gasteiger partial charge in [-0.3, -0.25) is 0 Å². The molecule has 0 aliphatic heterocycles. The highest BCUT2D eigenvalue weighted by Crippen LogP contribution is 2.16. The highest BCUT2D eigenvalue weighted by atomic mass is 127. The molecule has 2 N–H and O–H groups in total. The molecule has 3 aromatic rings. The predicted octanol–water partition coefficient (Wildman–Crippen LogP) is 4.14. The quantitative estimate of drug-likeness (QED) is 0.256. The number of hydrogen-bond donors (Lipinski definition) is 2. The molecule has 0 aliphatic rings. The van der Waals surface area contributed by atoms with Crippen molar-refractivity contribution in [3.63, 3.8) is 0 Å². The minimum Gasteiger partial charge on any atom is -0.357 e. The molecule has 0 saturated heterocycles. The summed E-state index contributed by atoms with van der Waals surface area (Å²) in [7, 11) is 0. The van der Waals surface area contributed by atoms with E-state index in [4.69, 9.17) is 0 Å². The van der Waals surface area contributed by atoms with Gasteiger partial charge in [-0.15, -0.1) is 24.0 Å². The van der Waals surface area contributed by atoms with Crippen molar-refractivity contribution in [2.24, 2.45) is 4.99 Å². The molecule has 0 radical (unpaired) electrons. The van der Waals surface area contributed by atoms with Crippen LogP contribution in [0.3, 0.4) is 0 Å². The van der Waals surface area contributed by atoms with E-state index in [-0.39, 0.29) is 29.8 Å². The zero-order valence-electron chi connectivity index (χ0n) is 17.0. The lowest BCUT2D eigenvalue weighted by Crippen LogP contribution is -2.37. The molecule has 1 heterocycles. The molecule has 160 valence electrons. The number of nitrogens with zero attached hydrogens (tertiary/aromatic N) is 4. The molecule has 0 saturated carbocycles. The molecule has 0 fully saturated rings. The van der Waals surface area contributed by atoms with E-state index in [1.165, 1.54) is 12.4 Å². The van der Waals surface area contributed by atoms with Crippen LogP contribution in [0.1, 0.15) is 23.6 Å². The van der Waals surface area contributed by atoms with E-state index < -0.39 is 0 Å². The number of halogens is 2. The van der Waals surface area contributed by atoms with Gasteiger partial charge in [-0.05, 0) is 54.1 Å². The van der Waals surface area contributed by atoms with Crippen LogP contribution in [0.15, 0.2) is 60.1 Å². The van der Waals surface area contributed by atoms with Gasteiger partial charge >= 0.3 is 0 Å². The second kappa shape index (κ2) is 12.5. The molecular formula is C21H26FIN6S. The van der Waals surface area contributed by atoms with Crippen LogP contribution in [0.4, 0.5) is 4.39 Å². The standard InChI is InChI=1S/C21H25FN6S.HI/c1-3-24-21(26-12-17-6-7-19(22)10-18(17)13-29-2)25-11-16-4-8-20(9-5-16)28-15-23-14-27-28;/h4-10,14-15H,3,11-13H2,1-2H3,(H2,24,25,26);1H. The second-order valence-corrected chi connectivity index (χ2v) is 7.27. The van der Waals surface area contributed by atoms with Crippen molar-refractivity contribution in [3.8, 4) is 5.69 Å². The van der Waals surface area contributed by atoms with Crippen molar-refractivity contribution >= 4 is 41.7 Å². The molecule has 0 spiro atoms. The average molecular weight is 540 g/mol. The summed E-state index contributed by atoms with van der Waals surface area (Å²) in [4.78, 5) is 8.63. The Labute approximate surface area is 197 Å². The Kier molecular flexibility index (Phi) is 10.1. The first-order valence-electron chi connectivity index (χ1n) is 9.42. The van der Waals surface area contributed by atoms with Gasteiger partial charge in [-0.1, -0.05) is 18.2 Å². The molecule has 2 aromatic carbocycles. The minimum atomic E-state index is -0.201. The van der Waals surface area contributed by atoms with E-state index >= 15 is 0 Å². The van der Waals surface area contributed by atoms with E-state index in [1.54, 1.807) is 28.8 Å². The summed E-state index contributed by atoms with van der Waals surface area (Å²) in [5.41, 5.74) is 4.13. The Morgan fingerprint density at radius 1 is 1.13 bits per heavy atom. The molecular weight excluding hydrogens is 514 g/mol. The normalized spacial score (nSPS) is 11.1. The monoisotopic (exact) mass is 540 g/mol. The number of aliphatic imine (C=N–C) groups is 1. The van der Waals surface area contributed by atoms with E-state index in [2.05, 4.69) is 25.7 Å². The van der Waals surface area contributed by atoms with Gasteiger partial charge in [0.25, 0.3) is 0 Å². The molecule has 0 bridgehead atoms. The van der Waals surface area contributed by atoms with Crippen LogP contribution < -0.4 is 10.6 Å². The molecule has 3 rings (SSSR count). The maximum atomic E-state index is 13.5. The third-order valence-corrected chi connectivity index (χ3v) is 4.90. The van der Waals surface area contributed by atoms with E-state index in [0.717, 1.165) is 40.6 Å². The fourth-order valence-corrected chi connectivity index (χ4v) is 3.42. The number of aromatic nitrogens is 3. The van der Waals surface area contributed by atoms with E-state index in [9.17, 15) is 4.39 Å². The van der Waals surface area contributed by atoms with E-state index in [1.807, 2.05) is 43.5 Å². The van der Waals surface area contributed by atoms with Crippen molar-refractivity contribution < 1.29 is 4.39 Å². The van der Waals surface area contributed by atoms with Crippen LogP contribution in [0.5, 0.6) is 0 Å². The first kappa shape index (κ1) is 24.1. The van der Waals surface area contributed by atoms with Crippen LogP contribution in [0.2, 0.25) is 0 Å². The number of hydrogen-bond acceptors (Lipinski definition) is 4. The van der Waals surface area contributed by atoms with Gasteiger partial charge in [-0.2, -0.15) is 16.9 Å². The third-order valence-electron chi connectivity index (χ3n) is 4.30. The summed E-state index contributed by atoms with van der Waals surface area (Å²) in [5.74, 6) is 1.31.